The van der Waals surface area contributed by atoms with Crippen LogP contribution in [0.2, 0.25) is 0 Å². The van der Waals surface area contributed by atoms with Crippen LogP contribution in [0.25, 0.3) is 0 Å². The van der Waals surface area contributed by atoms with E-state index in [2.05, 4.69) is 10.3 Å². The average Bonchev–Trinajstić information content (AvgIpc) is 2.99. The first-order chi connectivity index (χ1) is 11.3. The molecule has 0 aromatic carbocycles. The van der Waals surface area contributed by atoms with Gasteiger partial charge in [-0.05, 0) is 26.0 Å². The minimum Gasteiger partial charge on any atom is -0.378 e. The summed E-state index contributed by atoms with van der Waals surface area (Å²) in [7, 11) is 1.54. The lowest BCUT2D eigenvalue weighted by Crippen LogP contribution is -2.61. The molecule has 2 aliphatic heterocycles. The van der Waals surface area contributed by atoms with Crippen LogP contribution in [0.15, 0.2) is 18.3 Å². The van der Waals surface area contributed by atoms with Gasteiger partial charge < -0.3 is 19.7 Å². The maximum absolute atomic E-state index is 12.9. The Labute approximate surface area is 141 Å². The summed E-state index contributed by atoms with van der Waals surface area (Å²) in [6.07, 6.45) is 2.24. The Balaban J connectivity index is 1.79. The summed E-state index contributed by atoms with van der Waals surface area (Å²) >= 11 is 0. The molecule has 2 fully saturated rings. The number of rotatable bonds is 2. The Hall–Kier alpha value is -1.99. The van der Waals surface area contributed by atoms with Crippen molar-refractivity contribution >= 4 is 11.8 Å². The van der Waals surface area contributed by atoms with E-state index in [-0.39, 0.29) is 17.5 Å². The number of hydrogen-bond acceptors (Lipinski definition) is 5. The largest absolute Gasteiger partial charge is 0.378 e. The highest BCUT2D eigenvalue weighted by Gasteiger charge is 2.48. The van der Waals surface area contributed by atoms with Crippen LogP contribution in [-0.4, -0.2) is 66.3 Å². The molecule has 1 atom stereocenters. The lowest BCUT2D eigenvalue weighted by Gasteiger charge is -2.48. The number of amides is 2. The second-order valence-electron chi connectivity index (χ2n) is 7.02. The molecule has 1 N–H and O–H groups in total. The third kappa shape index (κ3) is 3.27. The van der Waals surface area contributed by atoms with E-state index < -0.39 is 11.2 Å². The maximum atomic E-state index is 12.9. The summed E-state index contributed by atoms with van der Waals surface area (Å²) in [6.45, 7) is 6.14. The summed E-state index contributed by atoms with van der Waals surface area (Å²) in [6, 6.07) is 3.20. The zero-order chi connectivity index (χ0) is 17.4. The van der Waals surface area contributed by atoms with Crippen molar-refractivity contribution in [2.24, 2.45) is 0 Å². The van der Waals surface area contributed by atoms with E-state index in [0.29, 0.717) is 31.9 Å². The number of ether oxygens (including phenoxy) is 2. The van der Waals surface area contributed by atoms with Gasteiger partial charge in [-0.1, -0.05) is 0 Å². The van der Waals surface area contributed by atoms with E-state index in [9.17, 15) is 9.59 Å². The third-order valence-electron chi connectivity index (χ3n) is 4.37. The zero-order valence-electron chi connectivity index (χ0n) is 14.3. The fourth-order valence-corrected chi connectivity index (χ4v) is 3.42. The van der Waals surface area contributed by atoms with Gasteiger partial charge in [0.05, 0.1) is 24.3 Å². The Morgan fingerprint density at radius 1 is 1.29 bits per heavy atom. The van der Waals surface area contributed by atoms with Crippen LogP contribution in [0.3, 0.4) is 0 Å². The van der Waals surface area contributed by atoms with Gasteiger partial charge in [0.1, 0.15) is 11.3 Å². The Morgan fingerprint density at radius 3 is 2.67 bits per heavy atom. The van der Waals surface area contributed by atoms with Gasteiger partial charge in [-0.15, -0.1) is 0 Å². The molecule has 1 unspecified atom stereocenters. The summed E-state index contributed by atoms with van der Waals surface area (Å²) in [5, 5.41) is 2.51. The van der Waals surface area contributed by atoms with Crippen molar-refractivity contribution in [1.29, 1.82) is 0 Å². The Morgan fingerprint density at radius 2 is 2.08 bits per heavy atom. The highest BCUT2D eigenvalue weighted by molar-refractivity contribution is 5.96. The van der Waals surface area contributed by atoms with Crippen molar-refractivity contribution in [3.63, 3.8) is 0 Å². The quantitative estimate of drug-likeness (QED) is 0.868. The van der Waals surface area contributed by atoms with Gasteiger partial charge in [-0.2, -0.15) is 0 Å². The van der Waals surface area contributed by atoms with E-state index >= 15 is 0 Å². The smallest absolute Gasteiger partial charge is 0.269 e. The van der Waals surface area contributed by atoms with Gasteiger partial charge >= 0.3 is 0 Å². The molecule has 1 aromatic heterocycles. The standard InChI is InChI=1S/C17H23N3O4/c1-16(2)9-20(10-17(24-16)6-7-23-11-17)15(22)12-4-5-13(19-8-12)14(21)18-3/h4-5,8H,6-7,9-11H2,1-3H3,(H,18,21). The fraction of sp³-hybridized carbons (Fsp3) is 0.588. The van der Waals surface area contributed by atoms with Gasteiger partial charge in [-0.3, -0.25) is 14.6 Å². The number of morpholine rings is 1. The summed E-state index contributed by atoms with van der Waals surface area (Å²) in [4.78, 5) is 30.3. The van der Waals surface area contributed by atoms with E-state index in [1.165, 1.54) is 6.20 Å². The van der Waals surface area contributed by atoms with Crippen LogP contribution < -0.4 is 5.32 Å². The molecular weight excluding hydrogens is 310 g/mol. The molecular formula is C17H23N3O4. The molecule has 1 aromatic rings. The topological polar surface area (TPSA) is 80.8 Å². The van der Waals surface area contributed by atoms with E-state index in [0.717, 1.165) is 6.42 Å². The molecule has 1 spiro atoms. The molecule has 24 heavy (non-hydrogen) atoms. The summed E-state index contributed by atoms with van der Waals surface area (Å²) < 4.78 is 11.7. The molecule has 2 aliphatic rings. The minimum absolute atomic E-state index is 0.103. The summed E-state index contributed by atoms with van der Waals surface area (Å²) in [5.41, 5.74) is -0.101. The van der Waals surface area contributed by atoms with Crippen molar-refractivity contribution in [2.45, 2.75) is 31.5 Å². The molecule has 0 saturated carbocycles. The molecule has 7 nitrogen and oxygen atoms in total. The number of nitrogens with one attached hydrogen (secondary N) is 1. The Bertz CT molecular complexity index is 636. The SMILES string of the molecule is CNC(=O)c1ccc(C(=O)N2CC(C)(C)OC3(CCOC3)C2)cn1. The van der Waals surface area contributed by atoms with E-state index in [1.54, 1.807) is 24.1 Å². The first-order valence-electron chi connectivity index (χ1n) is 8.10. The molecule has 2 saturated heterocycles. The minimum atomic E-state index is -0.433. The van der Waals surface area contributed by atoms with Crippen molar-refractivity contribution in [2.75, 3.05) is 33.4 Å². The third-order valence-corrected chi connectivity index (χ3v) is 4.37. The van der Waals surface area contributed by atoms with Gasteiger partial charge in [0, 0.05) is 32.8 Å². The van der Waals surface area contributed by atoms with Crippen LogP contribution in [0, 0.1) is 0 Å². The van der Waals surface area contributed by atoms with Gasteiger partial charge in [-0.25, -0.2) is 0 Å². The predicted octanol–water partition coefficient (Wildman–Crippen LogP) is 0.851. The number of pyridine rings is 1. The molecule has 7 heteroatoms. The number of nitrogens with zero attached hydrogens (tertiary/aromatic N) is 2. The molecule has 3 rings (SSSR count). The molecule has 130 valence electrons. The van der Waals surface area contributed by atoms with Crippen LogP contribution in [0.1, 0.15) is 41.1 Å². The van der Waals surface area contributed by atoms with Crippen molar-refractivity contribution in [3.05, 3.63) is 29.6 Å². The molecule has 0 radical (unpaired) electrons. The normalized spacial score (nSPS) is 25.7. The first-order valence-corrected chi connectivity index (χ1v) is 8.10. The van der Waals surface area contributed by atoms with E-state index in [4.69, 9.17) is 9.47 Å². The van der Waals surface area contributed by atoms with E-state index in [1.807, 2.05) is 13.8 Å². The number of carbonyl (C=O) groups is 2. The van der Waals surface area contributed by atoms with Crippen molar-refractivity contribution in [1.82, 2.24) is 15.2 Å². The van der Waals surface area contributed by atoms with Gasteiger partial charge in [0.2, 0.25) is 0 Å². The molecule has 0 bridgehead atoms. The number of carbonyl (C=O) groups excluding carboxylic acids is 2. The fourth-order valence-electron chi connectivity index (χ4n) is 3.42. The monoisotopic (exact) mass is 333 g/mol. The number of hydrogen-bond donors (Lipinski definition) is 1. The van der Waals surface area contributed by atoms with Crippen molar-refractivity contribution < 1.29 is 19.1 Å². The highest BCUT2D eigenvalue weighted by atomic mass is 16.6. The van der Waals surface area contributed by atoms with Crippen molar-refractivity contribution in [3.8, 4) is 0 Å². The van der Waals surface area contributed by atoms with Crippen LogP contribution in [-0.2, 0) is 9.47 Å². The Kier molecular flexibility index (Phi) is 4.31. The van der Waals surface area contributed by atoms with Crippen LogP contribution >= 0.6 is 0 Å². The second kappa shape index (κ2) is 6.14. The zero-order valence-corrected chi connectivity index (χ0v) is 14.3. The summed E-state index contributed by atoms with van der Waals surface area (Å²) in [5.74, 6) is -0.378. The number of aromatic nitrogens is 1. The average molecular weight is 333 g/mol. The first kappa shape index (κ1) is 16.9. The lowest BCUT2D eigenvalue weighted by molar-refractivity contribution is -0.186. The predicted molar refractivity (Wildman–Crippen MR) is 86.9 cm³/mol. The molecule has 3 heterocycles. The maximum Gasteiger partial charge on any atom is 0.269 e. The molecule has 2 amide bonds. The lowest BCUT2D eigenvalue weighted by atomic mass is 9.94. The van der Waals surface area contributed by atoms with Crippen LogP contribution in [0.4, 0.5) is 0 Å². The van der Waals surface area contributed by atoms with Gasteiger partial charge in [0.15, 0.2) is 0 Å². The van der Waals surface area contributed by atoms with Gasteiger partial charge in [0.25, 0.3) is 11.8 Å². The highest BCUT2D eigenvalue weighted by Crippen LogP contribution is 2.35. The second-order valence-corrected chi connectivity index (χ2v) is 7.02. The molecule has 0 aliphatic carbocycles. The van der Waals surface area contributed by atoms with Crippen LogP contribution in [0.5, 0.6) is 0 Å².